The van der Waals surface area contributed by atoms with Gasteiger partial charge < -0.3 is 9.97 Å². The standard InChI is InChI=1S/C13H20BFN2O.U/c1-6-16-11-7-10(8-17-12(11)15)14-18-13(4,5)9(2)3;/h7-8,16H,6H2,1-5H3;/q-1;. The largest absolute Gasteiger partial charge is 0.460 e. The van der Waals surface area contributed by atoms with Gasteiger partial charge in [-0.15, -0.1) is 0 Å². The SMILES string of the molecule is CCNc1cc([B]OC(C)(C)[C-](C)C)cnc1F.[U]. The Hall–Kier alpha value is -0.0431. The van der Waals surface area contributed by atoms with E-state index in [1.54, 1.807) is 13.5 Å². The van der Waals surface area contributed by atoms with Gasteiger partial charge in [0.15, 0.2) is 0 Å². The first-order valence-corrected chi connectivity index (χ1v) is 6.08. The molecule has 0 aliphatic heterocycles. The second-order valence-corrected chi connectivity index (χ2v) is 4.88. The molecule has 0 fully saturated rings. The molecule has 6 heteroatoms. The summed E-state index contributed by atoms with van der Waals surface area (Å²) in [6.45, 7) is 10.6. The van der Waals surface area contributed by atoms with Gasteiger partial charge in [0.1, 0.15) is 0 Å². The Kier molecular flexibility index (Phi) is 8.27. The molecule has 0 spiro atoms. The van der Waals surface area contributed by atoms with Crippen LogP contribution in [-0.4, -0.2) is 24.6 Å². The molecule has 0 aliphatic rings. The zero-order valence-corrected chi connectivity index (χ0v) is 16.3. The summed E-state index contributed by atoms with van der Waals surface area (Å²) in [5.74, 6) is 0.673. The van der Waals surface area contributed by atoms with Crippen molar-refractivity contribution in [3.05, 3.63) is 24.1 Å². The van der Waals surface area contributed by atoms with E-state index in [9.17, 15) is 4.39 Å². The van der Waals surface area contributed by atoms with Crippen molar-refractivity contribution >= 4 is 18.6 Å². The maximum absolute atomic E-state index is 13.3. The van der Waals surface area contributed by atoms with Gasteiger partial charge >= 0.3 is 7.48 Å². The molecule has 0 saturated carbocycles. The Morgan fingerprint density at radius 1 is 1.47 bits per heavy atom. The summed E-state index contributed by atoms with van der Waals surface area (Å²) in [5, 5.41) is 2.92. The summed E-state index contributed by atoms with van der Waals surface area (Å²) in [5.41, 5.74) is 0.791. The first-order valence-electron chi connectivity index (χ1n) is 6.08. The zero-order valence-electron chi connectivity index (χ0n) is 12.2. The average Bonchev–Trinajstić information content (AvgIpc) is 2.30. The minimum Gasteiger partial charge on any atom is -0.460 e. The molecule has 1 radical (unpaired) electrons. The minimum atomic E-state index is -0.494. The molecule has 3 nitrogen and oxygen atoms in total. The molecule has 19 heavy (non-hydrogen) atoms. The smallest absolute Gasteiger partial charge is 0.329 e. The molecule has 0 unspecified atom stereocenters. The molecule has 0 atom stereocenters. The predicted octanol–water partition coefficient (Wildman–Crippen LogP) is 2.31. The molecule has 1 aromatic rings. The molecule has 0 aliphatic carbocycles. The van der Waals surface area contributed by atoms with Crippen LogP contribution in [0.3, 0.4) is 0 Å². The van der Waals surface area contributed by atoms with Crippen LogP contribution < -0.4 is 10.8 Å². The van der Waals surface area contributed by atoms with Crippen LogP contribution in [-0.2, 0) is 4.65 Å². The molecule has 0 aromatic carbocycles. The number of rotatable bonds is 6. The second kappa shape index (κ2) is 8.29. The van der Waals surface area contributed by atoms with E-state index in [-0.39, 0.29) is 36.7 Å². The van der Waals surface area contributed by atoms with Crippen LogP contribution in [0.2, 0.25) is 0 Å². The Morgan fingerprint density at radius 2 is 2.11 bits per heavy atom. The van der Waals surface area contributed by atoms with Crippen molar-refractivity contribution in [2.45, 2.75) is 40.2 Å². The van der Waals surface area contributed by atoms with E-state index in [0.29, 0.717) is 12.2 Å². The molecule has 0 saturated heterocycles. The topological polar surface area (TPSA) is 34.1 Å². The van der Waals surface area contributed by atoms with E-state index in [0.717, 1.165) is 5.46 Å². The van der Waals surface area contributed by atoms with Crippen molar-refractivity contribution in [2.75, 3.05) is 11.9 Å². The predicted molar refractivity (Wildman–Crippen MR) is 73.5 cm³/mol. The first kappa shape index (κ1) is 19.0. The third-order valence-electron chi connectivity index (χ3n) is 2.92. The molecule has 1 N–H and O–H groups in total. The van der Waals surface area contributed by atoms with Gasteiger partial charge in [-0.05, 0) is 18.5 Å². The number of anilines is 1. The molecule has 0 bridgehead atoms. The maximum Gasteiger partial charge on any atom is 0.329 e. The third kappa shape index (κ3) is 5.85. The number of pyridine rings is 1. The van der Waals surface area contributed by atoms with E-state index in [2.05, 4.69) is 10.3 Å². The van der Waals surface area contributed by atoms with Crippen molar-refractivity contribution in [3.8, 4) is 0 Å². The fraction of sp³-hybridized carbons (Fsp3) is 0.538. The zero-order chi connectivity index (χ0) is 13.8. The van der Waals surface area contributed by atoms with E-state index < -0.39 is 5.95 Å². The number of hydrogen-bond donors (Lipinski definition) is 1. The molecule has 1 aromatic heterocycles. The molecule has 1 heterocycles. The molecular weight excluding hydrogens is 468 g/mol. The van der Waals surface area contributed by atoms with E-state index >= 15 is 0 Å². The van der Waals surface area contributed by atoms with Gasteiger partial charge in [0.25, 0.3) is 0 Å². The van der Waals surface area contributed by atoms with Crippen molar-refractivity contribution in [2.24, 2.45) is 0 Å². The quantitative estimate of drug-likeness (QED) is 0.380. The van der Waals surface area contributed by atoms with Gasteiger partial charge in [-0.2, -0.15) is 18.2 Å². The summed E-state index contributed by atoms with van der Waals surface area (Å²) in [6.07, 6.45) is 1.46. The van der Waals surface area contributed by atoms with Gasteiger partial charge in [-0.25, -0.2) is 4.98 Å². The van der Waals surface area contributed by atoms with Crippen molar-refractivity contribution in [1.29, 1.82) is 0 Å². The fourth-order valence-corrected chi connectivity index (χ4v) is 1.18. The monoisotopic (exact) mass is 488 g/mol. The maximum atomic E-state index is 13.3. The second-order valence-electron chi connectivity index (χ2n) is 4.88. The van der Waals surface area contributed by atoms with Gasteiger partial charge in [-0.1, -0.05) is 19.4 Å². The number of nitrogens with one attached hydrogen (secondary N) is 1. The Labute approximate surface area is 139 Å². The van der Waals surface area contributed by atoms with E-state index in [1.807, 2.05) is 34.6 Å². The van der Waals surface area contributed by atoms with Crippen molar-refractivity contribution in [3.63, 3.8) is 0 Å². The summed E-state index contributed by atoms with van der Waals surface area (Å²) in [4.78, 5) is 3.70. The van der Waals surface area contributed by atoms with Gasteiger partial charge in [0.2, 0.25) is 5.95 Å². The first-order chi connectivity index (χ1) is 8.36. The van der Waals surface area contributed by atoms with E-state index in [4.69, 9.17) is 4.65 Å². The van der Waals surface area contributed by atoms with Crippen LogP contribution in [0.5, 0.6) is 0 Å². The van der Waals surface area contributed by atoms with E-state index in [1.165, 1.54) is 12.1 Å². The molecule has 103 valence electrons. The van der Waals surface area contributed by atoms with Gasteiger partial charge in [0.05, 0.1) is 5.69 Å². The van der Waals surface area contributed by atoms with Crippen LogP contribution in [0.1, 0.15) is 34.6 Å². The summed E-state index contributed by atoms with van der Waals surface area (Å²) in [6, 6.07) is 1.69. The Bertz CT molecular complexity index is 402. The number of nitrogens with zero attached hydrogens (tertiary/aromatic N) is 1. The van der Waals surface area contributed by atoms with Crippen LogP contribution in [0, 0.1) is 43.0 Å². The minimum absolute atomic E-state index is 0. The van der Waals surface area contributed by atoms with Crippen molar-refractivity contribution < 1.29 is 40.2 Å². The Morgan fingerprint density at radius 3 is 2.63 bits per heavy atom. The average molecular weight is 488 g/mol. The van der Waals surface area contributed by atoms with Crippen LogP contribution >= 0.6 is 0 Å². The third-order valence-corrected chi connectivity index (χ3v) is 2.92. The van der Waals surface area contributed by atoms with Crippen LogP contribution in [0.15, 0.2) is 12.3 Å². The summed E-state index contributed by atoms with van der Waals surface area (Å²) < 4.78 is 19.0. The fourth-order valence-electron chi connectivity index (χ4n) is 1.18. The summed E-state index contributed by atoms with van der Waals surface area (Å²) in [7, 11) is 1.61. The summed E-state index contributed by atoms with van der Waals surface area (Å²) >= 11 is 0. The number of halogens is 1. The van der Waals surface area contributed by atoms with Crippen LogP contribution in [0.25, 0.3) is 0 Å². The molecule has 0 amide bonds. The van der Waals surface area contributed by atoms with Crippen molar-refractivity contribution in [1.82, 2.24) is 4.98 Å². The normalized spacial score (nSPS) is 11.1. The Balaban J connectivity index is 0.00000324. The number of aromatic nitrogens is 1. The van der Waals surface area contributed by atoms with Gasteiger partial charge in [0, 0.05) is 43.9 Å². The van der Waals surface area contributed by atoms with Gasteiger partial charge in [-0.3, -0.25) is 5.92 Å². The molecule has 1 rings (SSSR count). The number of hydrogen-bond acceptors (Lipinski definition) is 3. The molecular formula is C13H20BFN2OU-. The van der Waals surface area contributed by atoms with Crippen LogP contribution in [0.4, 0.5) is 10.1 Å².